The molecule has 3 heterocycles. The molecule has 27 heavy (non-hydrogen) atoms. The molecule has 4 rings (SSSR count). The first-order valence-electron chi connectivity index (χ1n) is 8.98. The zero-order chi connectivity index (χ0) is 19.4. The van der Waals surface area contributed by atoms with Gasteiger partial charge in [0.05, 0.1) is 18.9 Å². The fourth-order valence-electron chi connectivity index (χ4n) is 4.39. The van der Waals surface area contributed by atoms with Crippen LogP contribution in [-0.4, -0.2) is 68.0 Å². The number of hydrogen-bond donors (Lipinski definition) is 0. The number of nitrogens with zero attached hydrogens (tertiary/aromatic N) is 3. The Balaban J connectivity index is 1.40. The lowest BCUT2D eigenvalue weighted by atomic mass is 9.61. The molecule has 1 aromatic heterocycles. The molecule has 2 saturated heterocycles. The number of pyridine rings is 1. The molecule has 0 N–H and O–H groups in total. The highest BCUT2D eigenvalue weighted by atomic mass is 32.2. The number of hydrogen-bond acceptors (Lipinski definition) is 5. The van der Waals surface area contributed by atoms with E-state index in [0.29, 0.717) is 19.1 Å². The molecule has 150 valence electrons. The molecule has 2 aliphatic heterocycles. The molecule has 1 aliphatic carbocycles. The molecular formula is C17H22F3N3O3S. The van der Waals surface area contributed by atoms with Crippen LogP contribution >= 0.6 is 0 Å². The Morgan fingerprint density at radius 3 is 2.37 bits per heavy atom. The van der Waals surface area contributed by atoms with Crippen LogP contribution in [0.5, 0.6) is 0 Å². The average Bonchev–Trinajstić information content (AvgIpc) is 2.52. The second-order valence-corrected chi connectivity index (χ2v) is 9.67. The largest absolute Gasteiger partial charge is 0.433 e. The normalized spacial score (nSPS) is 24.6. The summed E-state index contributed by atoms with van der Waals surface area (Å²) in [4.78, 5) is 5.70. The smallest absolute Gasteiger partial charge is 0.379 e. The van der Waals surface area contributed by atoms with Crippen molar-refractivity contribution in [1.29, 1.82) is 0 Å². The van der Waals surface area contributed by atoms with Crippen molar-refractivity contribution in [1.82, 2.24) is 14.2 Å². The van der Waals surface area contributed by atoms with Gasteiger partial charge >= 0.3 is 6.18 Å². The summed E-state index contributed by atoms with van der Waals surface area (Å²) >= 11 is 0. The topological polar surface area (TPSA) is 62.7 Å². The minimum absolute atomic E-state index is 0.0171. The molecular weight excluding hydrogens is 383 g/mol. The van der Waals surface area contributed by atoms with Crippen molar-refractivity contribution in [3.8, 4) is 0 Å². The summed E-state index contributed by atoms with van der Waals surface area (Å²) in [6.07, 6.45) is -2.67. The van der Waals surface area contributed by atoms with Gasteiger partial charge in [-0.15, -0.1) is 0 Å². The van der Waals surface area contributed by atoms with E-state index >= 15 is 0 Å². The lowest BCUT2D eigenvalue weighted by Gasteiger charge is -2.60. The van der Waals surface area contributed by atoms with E-state index in [1.54, 1.807) is 0 Å². The van der Waals surface area contributed by atoms with Gasteiger partial charge in [0.25, 0.3) is 0 Å². The number of alkyl halides is 3. The van der Waals surface area contributed by atoms with Gasteiger partial charge in [0.2, 0.25) is 10.0 Å². The fourth-order valence-corrected chi connectivity index (χ4v) is 6.21. The average molecular weight is 405 g/mol. The quantitative estimate of drug-likeness (QED) is 0.769. The van der Waals surface area contributed by atoms with Crippen LogP contribution in [0, 0.1) is 12.3 Å². The predicted molar refractivity (Wildman–Crippen MR) is 90.6 cm³/mol. The van der Waals surface area contributed by atoms with Crippen LogP contribution in [0.25, 0.3) is 0 Å². The summed E-state index contributed by atoms with van der Waals surface area (Å²) in [5.74, 6) is 0. The van der Waals surface area contributed by atoms with Gasteiger partial charge in [-0.1, -0.05) is 0 Å². The SMILES string of the molecule is Cc1nc(C(F)(F)F)ccc1S(=O)(=O)N1CC2(CC(N3CCOCC3)C2)C1. The lowest BCUT2D eigenvalue weighted by molar-refractivity contribution is -0.141. The molecule has 1 aromatic rings. The Morgan fingerprint density at radius 2 is 1.81 bits per heavy atom. The summed E-state index contributed by atoms with van der Waals surface area (Å²) < 4.78 is 70.5. The molecule has 3 fully saturated rings. The molecule has 0 radical (unpaired) electrons. The molecule has 0 amide bonds. The zero-order valence-electron chi connectivity index (χ0n) is 15.0. The van der Waals surface area contributed by atoms with Crippen molar-refractivity contribution in [2.45, 2.75) is 36.9 Å². The second-order valence-electron chi connectivity index (χ2n) is 7.76. The van der Waals surface area contributed by atoms with E-state index in [9.17, 15) is 21.6 Å². The van der Waals surface area contributed by atoms with E-state index in [0.717, 1.165) is 51.3 Å². The number of aryl methyl sites for hydroxylation is 1. The van der Waals surface area contributed by atoms with Gasteiger partial charge in [-0.3, -0.25) is 4.90 Å². The number of halogens is 3. The van der Waals surface area contributed by atoms with Gasteiger partial charge < -0.3 is 4.74 Å². The standard InChI is InChI=1S/C17H22F3N3O3S/c1-12-14(2-3-15(21-12)17(18,19)20)27(24,25)23-10-16(11-23)8-13(9-16)22-4-6-26-7-5-22/h2-3,13H,4-11H2,1H3. The van der Waals surface area contributed by atoms with E-state index in [1.807, 2.05) is 0 Å². The number of aromatic nitrogens is 1. The Bertz CT molecular complexity index is 824. The first kappa shape index (κ1) is 19.1. The van der Waals surface area contributed by atoms with E-state index in [2.05, 4.69) is 9.88 Å². The minimum atomic E-state index is -4.59. The van der Waals surface area contributed by atoms with Gasteiger partial charge in [-0.05, 0) is 31.9 Å². The molecule has 0 atom stereocenters. The van der Waals surface area contributed by atoms with Crippen molar-refractivity contribution in [2.75, 3.05) is 39.4 Å². The highest BCUT2D eigenvalue weighted by molar-refractivity contribution is 7.89. The van der Waals surface area contributed by atoms with Gasteiger partial charge in [-0.2, -0.15) is 17.5 Å². The van der Waals surface area contributed by atoms with Crippen molar-refractivity contribution in [3.63, 3.8) is 0 Å². The maximum absolute atomic E-state index is 12.8. The first-order chi connectivity index (χ1) is 12.6. The first-order valence-corrected chi connectivity index (χ1v) is 10.4. The van der Waals surface area contributed by atoms with Crippen LogP contribution in [0.2, 0.25) is 0 Å². The molecule has 6 nitrogen and oxygen atoms in total. The maximum Gasteiger partial charge on any atom is 0.433 e. The van der Waals surface area contributed by atoms with E-state index in [4.69, 9.17) is 4.74 Å². The van der Waals surface area contributed by atoms with Crippen LogP contribution in [0.1, 0.15) is 24.2 Å². The van der Waals surface area contributed by atoms with Crippen molar-refractivity contribution in [2.24, 2.45) is 5.41 Å². The highest BCUT2D eigenvalue weighted by Crippen LogP contribution is 2.51. The maximum atomic E-state index is 12.8. The monoisotopic (exact) mass is 405 g/mol. The third-order valence-corrected chi connectivity index (χ3v) is 7.79. The van der Waals surface area contributed by atoms with Gasteiger partial charge in [0.1, 0.15) is 10.6 Å². The summed E-state index contributed by atoms with van der Waals surface area (Å²) in [6.45, 7) is 5.47. The fraction of sp³-hybridized carbons (Fsp3) is 0.706. The summed E-state index contributed by atoms with van der Waals surface area (Å²) in [5, 5.41) is 0. The number of morpholine rings is 1. The van der Waals surface area contributed by atoms with E-state index in [1.165, 1.54) is 11.2 Å². The van der Waals surface area contributed by atoms with Crippen LogP contribution in [0.4, 0.5) is 13.2 Å². The Morgan fingerprint density at radius 1 is 1.19 bits per heavy atom. The third kappa shape index (κ3) is 3.37. The van der Waals surface area contributed by atoms with Gasteiger partial charge in [0, 0.05) is 37.6 Å². The van der Waals surface area contributed by atoms with E-state index < -0.39 is 21.9 Å². The van der Waals surface area contributed by atoms with Crippen LogP contribution in [0.15, 0.2) is 17.0 Å². The molecule has 1 spiro atoms. The molecule has 0 bridgehead atoms. The van der Waals surface area contributed by atoms with Gasteiger partial charge in [0.15, 0.2) is 0 Å². The van der Waals surface area contributed by atoms with Crippen molar-refractivity contribution in [3.05, 3.63) is 23.5 Å². The van der Waals surface area contributed by atoms with Crippen LogP contribution in [0.3, 0.4) is 0 Å². The summed E-state index contributed by atoms with van der Waals surface area (Å²) in [5.41, 5.74) is -1.18. The molecule has 10 heteroatoms. The molecule has 0 aromatic carbocycles. The Kier molecular flexibility index (Phi) is 4.53. The summed E-state index contributed by atoms with van der Waals surface area (Å²) in [6, 6.07) is 2.23. The van der Waals surface area contributed by atoms with E-state index in [-0.39, 0.29) is 16.0 Å². The zero-order valence-corrected chi connectivity index (χ0v) is 15.8. The lowest BCUT2D eigenvalue weighted by Crippen LogP contribution is -2.68. The van der Waals surface area contributed by atoms with Crippen molar-refractivity contribution >= 4 is 10.0 Å². The van der Waals surface area contributed by atoms with Crippen LogP contribution in [-0.2, 0) is 20.9 Å². The molecule has 3 aliphatic rings. The molecule has 0 unspecified atom stereocenters. The third-order valence-electron chi connectivity index (χ3n) is 5.87. The predicted octanol–water partition coefficient (Wildman–Crippen LogP) is 1.89. The summed E-state index contributed by atoms with van der Waals surface area (Å²) in [7, 11) is -3.81. The second kappa shape index (κ2) is 6.40. The number of rotatable bonds is 3. The number of ether oxygens (including phenoxy) is 1. The highest BCUT2D eigenvalue weighted by Gasteiger charge is 2.57. The Labute approximate surface area is 156 Å². The number of sulfonamides is 1. The van der Waals surface area contributed by atoms with Gasteiger partial charge in [-0.25, -0.2) is 13.4 Å². The molecule has 1 saturated carbocycles. The van der Waals surface area contributed by atoms with Crippen LogP contribution < -0.4 is 0 Å². The minimum Gasteiger partial charge on any atom is -0.379 e. The van der Waals surface area contributed by atoms with Crippen molar-refractivity contribution < 1.29 is 26.3 Å². The Hall–Kier alpha value is -1.23.